The first-order valence-electron chi connectivity index (χ1n) is 12.6. The number of benzene rings is 2. The molecule has 0 spiro atoms. The van der Waals surface area contributed by atoms with Crippen molar-refractivity contribution in [3.05, 3.63) is 70.9 Å². The van der Waals surface area contributed by atoms with Crippen molar-refractivity contribution in [2.75, 3.05) is 13.1 Å². The van der Waals surface area contributed by atoms with Crippen LogP contribution in [0.25, 0.3) is 10.9 Å². The molecule has 4 atom stereocenters. The molecule has 2 aliphatic heterocycles. The number of halogens is 1. The first-order chi connectivity index (χ1) is 17.9. The van der Waals surface area contributed by atoms with E-state index in [9.17, 15) is 19.2 Å². The maximum absolute atomic E-state index is 13.6. The van der Waals surface area contributed by atoms with Crippen LogP contribution in [0.3, 0.4) is 0 Å². The minimum absolute atomic E-state index is 0.0397. The number of rotatable bonds is 8. The normalized spacial score (nSPS) is 22.1. The molecular weight excluding hydrogens is 492 g/mol. The highest BCUT2D eigenvalue weighted by Crippen LogP contribution is 2.30. The average molecular weight is 521 g/mol. The van der Waals surface area contributed by atoms with Gasteiger partial charge in [-0.2, -0.15) is 0 Å². The van der Waals surface area contributed by atoms with Gasteiger partial charge in [-0.05, 0) is 61.4 Å². The van der Waals surface area contributed by atoms with Crippen LogP contribution >= 0.6 is 11.6 Å². The lowest BCUT2D eigenvalue weighted by Gasteiger charge is -2.25. The molecule has 8 nitrogen and oxygen atoms in total. The number of para-hydroxylation sites is 1. The molecule has 0 saturated carbocycles. The van der Waals surface area contributed by atoms with Crippen molar-refractivity contribution in [3.8, 4) is 0 Å². The number of fused-ring (bicyclic) bond motifs is 1. The number of aromatic nitrogens is 1. The van der Waals surface area contributed by atoms with Crippen molar-refractivity contribution in [2.24, 2.45) is 11.8 Å². The van der Waals surface area contributed by atoms with Crippen LogP contribution in [0.4, 0.5) is 0 Å². The van der Waals surface area contributed by atoms with E-state index in [2.05, 4.69) is 15.6 Å². The zero-order valence-corrected chi connectivity index (χ0v) is 21.0. The molecular formula is C28H29ClN4O4. The van der Waals surface area contributed by atoms with E-state index in [0.29, 0.717) is 49.4 Å². The van der Waals surface area contributed by atoms with Gasteiger partial charge in [0.2, 0.25) is 11.8 Å². The van der Waals surface area contributed by atoms with Crippen LogP contribution in [-0.2, 0) is 20.8 Å². The summed E-state index contributed by atoms with van der Waals surface area (Å²) in [5, 5.41) is 7.11. The van der Waals surface area contributed by atoms with Gasteiger partial charge in [-0.15, -0.1) is 0 Å². The van der Waals surface area contributed by atoms with Crippen molar-refractivity contribution in [3.63, 3.8) is 0 Å². The van der Waals surface area contributed by atoms with Crippen LogP contribution < -0.4 is 10.6 Å². The highest BCUT2D eigenvalue weighted by atomic mass is 35.5. The van der Waals surface area contributed by atoms with Gasteiger partial charge in [0.25, 0.3) is 5.91 Å². The van der Waals surface area contributed by atoms with Gasteiger partial charge in [0, 0.05) is 34.9 Å². The zero-order valence-electron chi connectivity index (χ0n) is 20.3. The van der Waals surface area contributed by atoms with Crippen molar-refractivity contribution in [1.29, 1.82) is 0 Å². The fraction of sp³-hybridized carbons (Fsp3) is 0.357. The fourth-order valence-corrected chi connectivity index (χ4v) is 5.70. The Labute approximate surface area is 219 Å². The lowest BCUT2D eigenvalue weighted by Crippen LogP contribution is -2.49. The number of amides is 3. The van der Waals surface area contributed by atoms with Crippen LogP contribution in [0.15, 0.2) is 54.6 Å². The molecule has 1 aromatic heterocycles. The maximum atomic E-state index is 13.6. The van der Waals surface area contributed by atoms with E-state index in [1.807, 2.05) is 48.5 Å². The summed E-state index contributed by atoms with van der Waals surface area (Å²) in [6, 6.07) is 15.5. The molecule has 192 valence electrons. The number of hydrogen-bond acceptors (Lipinski definition) is 4. The number of nitrogens with zero attached hydrogens (tertiary/aromatic N) is 1. The van der Waals surface area contributed by atoms with Crippen molar-refractivity contribution in [1.82, 2.24) is 20.5 Å². The molecule has 0 bridgehead atoms. The Morgan fingerprint density at radius 3 is 2.73 bits per heavy atom. The van der Waals surface area contributed by atoms with Gasteiger partial charge in [-0.1, -0.05) is 41.9 Å². The first-order valence-corrected chi connectivity index (χ1v) is 13.0. The molecule has 3 N–H and O–H groups in total. The second kappa shape index (κ2) is 10.8. The summed E-state index contributed by atoms with van der Waals surface area (Å²) in [5.74, 6) is -1.01. The minimum Gasteiger partial charge on any atom is -0.356 e. The summed E-state index contributed by atoms with van der Waals surface area (Å²) in [6.45, 7) is 0.971. The second-order valence-electron chi connectivity index (χ2n) is 9.94. The summed E-state index contributed by atoms with van der Waals surface area (Å²) >= 11 is 6.17. The third-order valence-electron chi connectivity index (χ3n) is 7.32. The molecule has 0 radical (unpaired) electrons. The molecule has 2 fully saturated rings. The SMILES string of the molecule is O=C[C@H](C[C@@H]1CCNC1=O)NC(=O)[C@@H]1C[C@@H](Cc2cccc(Cl)c2)CN1C(=O)c1cc2ccccc2[nH]1. The lowest BCUT2D eigenvalue weighted by atomic mass is 9.96. The van der Waals surface area contributed by atoms with Gasteiger partial charge < -0.3 is 25.3 Å². The summed E-state index contributed by atoms with van der Waals surface area (Å²) in [6.07, 6.45) is 2.68. The Balaban J connectivity index is 1.36. The second-order valence-corrected chi connectivity index (χ2v) is 10.4. The number of hydrogen-bond donors (Lipinski definition) is 3. The van der Waals surface area contributed by atoms with Gasteiger partial charge in [0.05, 0.1) is 6.04 Å². The van der Waals surface area contributed by atoms with Gasteiger partial charge in [-0.3, -0.25) is 14.4 Å². The van der Waals surface area contributed by atoms with Crippen molar-refractivity contribution in [2.45, 2.75) is 37.8 Å². The number of carbonyl (C=O) groups excluding carboxylic acids is 4. The number of carbonyl (C=O) groups is 4. The maximum Gasteiger partial charge on any atom is 0.270 e. The average Bonchev–Trinajstić information content (AvgIpc) is 3.61. The summed E-state index contributed by atoms with van der Waals surface area (Å²) in [5.41, 5.74) is 2.30. The topological polar surface area (TPSA) is 111 Å². The van der Waals surface area contributed by atoms with Crippen molar-refractivity contribution >= 4 is 46.5 Å². The Morgan fingerprint density at radius 2 is 2.00 bits per heavy atom. The number of H-pyrrole nitrogens is 1. The van der Waals surface area contributed by atoms with E-state index < -0.39 is 12.1 Å². The monoisotopic (exact) mass is 520 g/mol. The van der Waals surface area contributed by atoms with Gasteiger partial charge in [0.15, 0.2) is 0 Å². The van der Waals surface area contributed by atoms with E-state index in [-0.39, 0.29) is 36.0 Å². The van der Waals surface area contributed by atoms with Crippen LogP contribution in [-0.4, -0.2) is 59.1 Å². The predicted octanol–water partition coefficient (Wildman–Crippen LogP) is 3.10. The molecule has 3 amide bonds. The Bertz CT molecular complexity index is 1310. The number of likely N-dealkylation sites (tertiary alicyclic amines) is 1. The van der Waals surface area contributed by atoms with E-state index >= 15 is 0 Å². The van der Waals surface area contributed by atoms with E-state index in [0.717, 1.165) is 16.5 Å². The molecule has 3 aromatic rings. The number of aldehydes is 1. The smallest absolute Gasteiger partial charge is 0.270 e. The summed E-state index contributed by atoms with van der Waals surface area (Å²) in [4.78, 5) is 55.6. The molecule has 0 aliphatic carbocycles. The van der Waals surface area contributed by atoms with Crippen LogP contribution in [0.5, 0.6) is 0 Å². The molecule has 2 aliphatic rings. The molecule has 2 saturated heterocycles. The highest BCUT2D eigenvalue weighted by Gasteiger charge is 2.41. The fourth-order valence-electron chi connectivity index (χ4n) is 5.49. The molecule has 2 aromatic carbocycles. The Kier molecular flexibility index (Phi) is 7.28. The third kappa shape index (κ3) is 5.54. The van der Waals surface area contributed by atoms with E-state index in [4.69, 9.17) is 11.6 Å². The molecule has 9 heteroatoms. The van der Waals surface area contributed by atoms with Crippen LogP contribution in [0.1, 0.15) is 35.3 Å². The number of nitrogens with one attached hydrogen (secondary N) is 3. The van der Waals surface area contributed by atoms with Gasteiger partial charge in [0.1, 0.15) is 18.0 Å². The molecule has 37 heavy (non-hydrogen) atoms. The predicted molar refractivity (Wildman–Crippen MR) is 140 cm³/mol. The molecule has 5 rings (SSSR count). The standard InChI is InChI=1S/C28H29ClN4O4/c29-21-6-3-4-17(11-21)10-18-12-25(27(36)31-22(16-34)13-20-8-9-30-26(20)35)33(15-18)28(37)24-14-19-5-1-2-7-23(19)32-24/h1-7,11,14,16,18,20,22,25,32H,8-10,12-13,15H2,(H,30,35)(H,31,36)/t18-,20+,22+,25+/m1/s1. The first kappa shape index (κ1) is 25.0. The molecule has 0 unspecified atom stereocenters. The van der Waals surface area contributed by atoms with Crippen molar-refractivity contribution < 1.29 is 19.2 Å². The lowest BCUT2D eigenvalue weighted by molar-refractivity contribution is -0.128. The summed E-state index contributed by atoms with van der Waals surface area (Å²) < 4.78 is 0. The van der Waals surface area contributed by atoms with E-state index in [1.54, 1.807) is 11.0 Å². The number of aromatic amines is 1. The van der Waals surface area contributed by atoms with Crippen LogP contribution in [0.2, 0.25) is 5.02 Å². The Hall–Kier alpha value is -3.65. The van der Waals surface area contributed by atoms with E-state index in [1.165, 1.54) is 0 Å². The van der Waals surface area contributed by atoms with Crippen LogP contribution in [0, 0.1) is 11.8 Å². The van der Waals surface area contributed by atoms with Gasteiger partial charge in [-0.25, -0.2) is 0 Å². The largest absolute Gasteiger partial charge is 0.356 e. The summed E-state index contributed by atoms with van der Waals surface area (Å²) in [7, 11) is 0. The third-order valence-corrected chi connectivity index (χ3v) is 7.55. The van der Waals surface area contributed by atoms with Gasteiger partial charge >= 0.3 is 0 Å². The highest BCUT2D eigenvalue weighted by molar-refractivity contribution is 6.30. The molecule has 3 heterocycles. The quantitative estimate of drug-likeness (QED) is 0.396. The Morgan fingerprint density at radius 1 is 1.16 bits per heavy atom. The minimum atomic E-state index is -0.793. The zero-order chi connectivity index (χ0) is 25.9.